The third-order valence-electron chi connectivity index (χ3n) is 2.08. The Morgan fingerprint density at radius 2 is 2.27 bits per heavy atom. The monoisotopic (exact) mass is 152 g/mol. The zero-order chi connectivity index (χ0) is 7.52. The van der Waals surface area contributed by atoms with E-state index < -0.39 is 0 Å². The van der Waals surface area contributed by atoms with E-state index in [4.69, 9.17) is 4.52 Å². The summed E-state index contributed by atoms with van der Waals surface area (Å²) in [4.78, 5) is 2.40. The fraction of sp³-hybridized carbons (Fsp3) is 0.625. The molecule has 11 heavy (non-hydrogen) atoms. The van der Waals surface area contributed by atoms with Gasteiger partial charge in [0.1, 0.15) is 6.26 Å². The first-order valence-electron chi connectivity index (χ1n) is 4.07. The van der Waals surface area contributed by atoms with E-state index in [9.17, 15) is 0 Å². The van der Waals surface area contributed by atoms with Crippen LogP contribution in [0.25, 0.3) is 0 Å². The topological polar surface area (TPSA) is 29.3 Å². The number of aromatic nitrogens is 1. The maximum atomic E-state index is 4.75. The highest BCUT2D eigenvalue weighted by Gasteiger charge is 2.12. The first-order valence-corrected chi connectivity index (χ1v) is 4.07. The van der Waals surface area contributed by atoms with Gasteiger partial charge in [-0.15, -0.1) is 0 Å². The minimum absolute atomic E-state index is 0.955. The van der Waals surface area contributed by atoms with Gasteiger partial charge in [-0.05, 0) is 25.9 Å². The molecule has 0 aliphatic carbocycles. The van der Waals surface area contributed by atoms with Crippen molar-refractivity contribution in [3.05, 3.63) is 18.0 Å². The summed E-state index contributed by atoms with van der Waals surface area (Å²) in [6.07, 6.45) is 4.29. The molecule has 3 heteroatoms. The summed E-state index contributed by atoms with van der Waals surface area (Å²) in [6.45, 7) is 3.39. The van der Waals surface area contributed by atoms with Crippen LogP contribution in [0.15, 0.2) is 16.9 Å². The number of hydrogen-bond donors (Lipinski definition) is 0. The van der Waals surface area contributed by atoms with Crippen molar-refractivity contribution in [2.24, 2.45) is 0 Å². The van der Waals surface area contributed by atoms with Gasteiger partial charge in [-0.3, -0.25) is 4.90 Å². The Bertz CT molecular complexity index is 202. The number of likely N-dealkylation sites (tertiary alicyclic amines) is 1. The van der Waals surface area contributed by atoms with Crippen molar-refractivity contribution < 1.29 is 4.52 Å². The first-order chi connectivity index (χ1) is 5.45. The molecule has 3 nitrogen and oxygen atoms in total. The molecule has 0 bridgehead atoms. The van der Waals surface area contributed by atoms with E-state index in [1.165, 1.54) is 25.9 Å². The van der Waals surface area contributed by atoms with Gasteiger partial charge in [0.15, 0.2) is 0 Å². The summed E-state index contributed by atoms with van der Waals surface area (Å²) in [6, 6.07) is 1.93. The highest BCUT2D eigenvalue weighted by Crippen LogP contribution is 2.10. The Kier molecular flexibility index (Phi) is 1.90. The molecule has 60 valence electrons. The van der Waals surface area contributed by atoms with Crippen molar-refractivity contribution in [2.75, 3.05) is 13.1 Å². The molecule has 2 rings (SSSR count). The van der Waals surface area contributed by atoms with Gasteiger partial charge in [-0.1, -0.05) is 5.16 Å². The normalized spacial score (nSPS) is 19.3. The minimum Gasteiger partial charge on any atom is -0.364 e. The molecule has 2 heterocycles. The van der Waals surface area contributed by atoms with Gasteiger partial charge >= 0.3 is 0 Å². The van der Waals surface area contributed by atoms with Gasteiger partial charge in [-0.25, -0.2) is 0 Å². The van der Waals surface area contributed by atoms with Gasteiger partial charge < -0.3 is 4.52 Å². The lowest BCUT2D eigenvalue weighted by Crippen LogP contribution is -2.18. The molecule has 1 aromatic rings. The van der Waals surface area contributed by atoms with Crippen molar-refractivity contribution in [2.45, 2.75) is 19.4 Å². The lowest BCUT2D eigenvalue weighted by atomic mass is 10.4. The van der Waals surface area contributed by atoms with Crippen LogP contribution in [-0.2, 0) is 6.54 Å². The van der Waals surface area contributed by atoms with E-state index in [0.717, 1.165) is 12.2 Å². The van der Waals surface area contributed by atoms with Crippen LogP contribution in [0, 0.1) is 0 Å². The Morgan fingerprint density at radius 3 is 2.91 bits per heavy atom. The van der Waals surface area contributed by atoms with E-state index in [-0.39, 0.29) is 0 Å². The Morgan fingerprint density at radius 1 is 1.45 bits per heavy atom. The molecule has 0 aromatic carbocycles. The second-order valence-corrected chi connectivity index (χ2v) is 2.97. The van der Waals surface area contributed by atoms with E-state index in [1.807, 2.05) is 6.07 Å². The number of hydrogen-bond acceptors (Lipinski definition) is 3. The lowest BCUT2D eigenvalue weighted by Gasteiger charge is -2.10. The lowest BCUT2D eigenvalue weighted by molar-refractivity contribution is 0.314. The average molecular weight is 152 g/mol. The Labute approximate surface area is 66.0 Å². The highest BCUT2D eigenvalue weighted by atomic mass is 16.5. The minimum atomic E-state index is 0.955. The summed E-state index contributed by atoms with van der Waals surface area (Å²) >= 11 is 0. The van der Waals surface area contributed by atoms with E-state index >= 15 is 0 Å². The van der Waals surface area contributed by atoms with Crippen molar-refractivity contribution in [1.82, 2.24) is 10.1 Å². The molecule has 0 N–H and O–H groups in total. The standard InChI is InChI=1S/C8H12N2O/c1-2-5-10(4-1)7-8-3-6-11-9-8/h3,6H,1-2,4-5,7H2. The van der Waals surface area contributed by atoms with Gasteiger partial charge in [0.25, 0.3) is 0 Å². The molecule has 0 radical (unpaired) electrons. The van der Waals surface area contributed by atoms with E-state index in [1.54, 1.807) is 6.26 Å². The summed E-state index contributed by atoms with van der Waals surface area (Å²) < 4.78 is 4.75. The van der Waals surface area contributed by atoms with Crippen molar-refractivity contribution in [1.29, 1.82) is 0 Å². The van der Waals surface area contributed by atoms with Crippen LogP contribution in [0.5, 0.6) is 0 Å². The summed E-state index contributed by atoms with van der Waals surface area (Å²) in [5, 5.41) is 3.86. The average Bonchev–Trinajstić information content (AvgIpc) is 2.60. The third kappa shape index (κ3) is 1.60. The van der Waals surface area contributed by atoms with E-state index in [2.05, 4.69) is 10.1 Å². The molecule has 1 saturated heterocycles. The molecule has 1 aromatic heterocycles. The first kappa shape index (κ1) is 6.85. The van der Waals surface area contributed by atoms with Crippen LogP contribution in [0.3, 0.4) is 0 Å². The van der Waals surface area contributed by atoms with Crippen molar-refractivity contribution in [3.8, 4) is 0 Å². The molecule has 0 saturated carbocycles. The highest BCUT2D eigenvalue weighted by molar-refractivity contribution is 4.95. The summed E-state index contributed by atoms with van der Waals surface area (Å²) in [5.41, 5.74) is 1.05. The second-order valence-electron chi connectivity index (χ2n) is 2.97. The van der Waals surface area contributed by atoms with Crippen LogP contribution in [0.2, 0.25) is 0 Å². The third-order valence-corrected chi connectivity index (χ3v) is 2.08. The van der Waals surface area contributed by atoms with Gasteiger partial charge in [-0.2, -0.15) is 0 Å². The van der Waals surface area contributed by atoms with Gasteiger partial charge in [0.05, 0.1) is 5.69 Å². The van der Waals surface area contributed by atoms with Crippen LogP contribution >= 0.6 is 0 Å². The van der Waals surface area contributed by atoms with Gasteiger partial charge in [0.2, 0.25) is 0 Å². The largest absolute Gasteiger partial charge is 0.364 e. The van der Waals surface area contributed by atoms with E-state index in [0.29, 0.717) is 0 Å². The maximum Gasteiger partial charge on any atom is 0.124 e. The molecule has 1 fully saturated rings. The number of rotatable bonds is 2. The predicted molar refractivity (Wildman–Crippen MR) is 41.0 cm³/mol. The molecule has 0 unspecified atom stereocenters. The zero-order valence-corrected chi connectivity index (χ0v) is 6.49. The summed E-state index contributed by atoms with van der Waals surface area (Å²) in [5.74, 6) is 0. The van der Waals surface area contributed by atoms with Crippen molar-refractivity contribution >= 4 is 0 Å². The second kappa shape index (κ2) is 3.05. The Balaban J connectivity index is 1.90. The fourth-order valence-corrected chi connectivity index (χ4v) is 1.49. The van der Waals surface area contributed by atoms with Crippen molar-refractivity contribution in [3.63, 3.8) is 0 Å². The SMILES string of the molecule is c1cc(CN2CCCC2)no1. The molecular weight excluding hydrogens is 140 g/mol. The van der Waals surface area contributed by atoms with Crippen LogP contribution in [0.4, 0.5) is 0 Å². The molecule has 0 atom stereocenters. The molecule has 0 spiro atoms. The maximum absolute atomic E-state index is 4.75. The fourth-order valence-electron chi connectivity index (χ4n) is 1.49. The molecular formula is C8H12N2O. The van der Waals surface area contributed by atoms with Gasteiger partial charge in [0, 0.05) is 12.6 Å². The molecule has 1 aliphatic rings. The summed E-state index contributed by atoms with van der Waals surface area (Å²) in [7, 11) is 0. The smallest absolute Gasteiger partial charge is 0.124 e. The molecule has 1 aliphatic heterocycles. The van der Waals surface area contributed by atoms with Crippen LogP contribution < -0.4 is 0 Å². The quantitative estimate of drug-likeness (QED) is 0.639. The number of nitrogens with zero attached hydrogens (tertiary/aromatic N) is 2. The predicted octanol–water partition coefficient (Wildman–Crippen LogP) is 1.27. The zero-order valence-electron chi connectivity index (χ0n) is 6.49. The molecule has 0 amide bonds. The van der Waals surface area contributed by atoms with Crippen LogP contribution in [0.1, 0.15) is 18.5 Å². The Hall–Kier alpha value is -0.830. The van der Waals surface area contributed by atoms with Crippen LogP contribution in [-0.4, -0.2) is 23.1 Å².